The summed E-state index contributed by atoms with van der Waals surface area (Å²) in [5.41, 5.74) is 1.01. The molecular formula is C15H22N2O2S. The van der Waals surface area contributed by atoms with Crippen molar-refractivity contribution in [1.82, 2.24) is 10.2 Å². The first-order valence-electron chi connectivity index (χ1n) is 6.69. The molecule has 4 nitrogen and oxygen atoms in total. The maximum atomic E-state index is 12.2. The summed E-state index contributed by atoms with van der Waals surface area (Å²) in [6, 6.07) is 7.85. The first-order valence-corrected chi connectivity index (χ1v) is 7.92. The predicted molar refractivity (Wildman–Crippen MR) is 83.0 cm³/mol. The lowest BCUT2D eigenvalue weighted by molar-refractivity contribution is -0.128. The van der Waals surface area contributed by atoms with Crippen molar-refractivity contribution in [3.8, 4) is 5.75 Å². The fourth-order valence-electron chi connectivity index (χ4n) is 2.36. The van der Waals surface area contributed by atoms with Crippen LogP contribution in [0.1, 0.15) is 25.6 Å². The molecular weight excluding hydrogens is 272 g/mol. The molecule has 1 N–H and O–H groups in total. The first kappa shape index (κ1) is 15.2. The summed E-state index contributed by atoms with van der Waals surface area (Å²) in [5.74, 6) is 0.953. The number of amides is 1. The van der Waals surface area contributed by atoms with Gasteiger partial charge >= 0.3 is 0 Å². The third-order valence-corrected chi connectivity index (χ3v) is 4.85. The number of nitrogens with zero attached hydrogens (tertiary/aromatic N) is 1. The fraction of sp³-hybridized carbons (Fsp3) is 0.533. The van der Waals surface area contributed by atoms with E-state index in [1.54, 1.807) is 18.9 Å². The minimum atomic E-state index is -0.106. The normalized spacial score (nSPS) is 19.5. The van der Waals surface area contributed by atoms with E-state index in [2.05, 4.69) is 25.4 Å². The van der Waals surface area contributed by atoms with Gasteiger partial charge < -0.3 is 9.64 Å². The molecule has 0 saturated carbocycles. The van der Waals surface area contributed by atoms with Crippen LogP contribution >= 0.6 is 11.8 Å². The van der Waals surface area contributed by atoms with E-state index < -0.39 is 0 Å². The van der Waals surface area contributed by atoms with Crippen molar-refractivity contribution < 1.29 is 9.53 Å². The van der Waals surface area contributed by atoms with Crippen molar-refractivity contribution in [3.63, 3.8) is 0 Å². The Labute approximate surface area is 124 Å². The van der Waals surface area contributed by atoms with Gasteiger partial charge in [0.05, 0.1) is 13.7 Å². The Morgan fingerprint density at radius 2 is 2.15 bits per heavy atom. The van der Waals surface area contributed by atoms with Crippen LogP contribution in [-0.4, -0.2) is 42.0 Å². The lowest BCUT2D eigenvalue weighted by Crippen LogP contribution is -2.40. The standard InChI is InChI=1S/C15H22N2O2S/c1-15(2,20-4)10-17-13(18)9-16-14(17)11-7-5-6-8-12(11)19-3/h5-8,14,16H,9-10H2,1-4H3. The van der Waals surface area contributed by atoms with Gasteiger partial charge in [0, 0.05) is 16.9 Å². The molecule has 5 heteroatoms. The molecule has 1 fully saturated rings. The summed E-state index contributed by atoms with van der Waals surface area (Å²) in [6.45, 7) is 5.40. The minimum absolute atomic E-state index is 0.0297. The number of hydrogen-bond donors (Lipinski definition) is 1. The Balaban J connectivity index is 2.28. The van der Waals surface area contributed by atoms with Crippen molar-refractivity contribution in [1.29, 1.82) is 0 Å². The predicted octanol–water partition coefficient (Wildman–Crippen LogP) is 2.27. The number of thioether (sulfide) groups is 1. The maximum Gasteiger partial charge on any atom is 0.238 e. The molecule has 1 unspecified atom stereocenters. The van der Waals surface area contributed by atoms with Gasteiger partial charge in [-0.15, -0.1) is 0 Å². The molecule has 1 heterocycles. The van der Waals surface area contributed by atoms with E-state index in [4.69, 9.17) is 4.74 Å². The van der Waals surface area contributed by atoms with Crippen LogP contribution in [-0.2, 0) is 4.79 Å². The van der Waals surface area contributed by atoms with Crippen molar-refractivity contribution >= 4 is 17.7 Å². The second-order valence-electron chi connectivity index (χ2n) is 5.51. The highest BCUT2D eigenvalue weighted by Crippen LogP contribution is 2.33. The highest BCUT2D eigenvalue weighted by atomic mass is 32.2. The summed E-state index contributed by atoms with van der Waals surface area (Å²) in [5, 5.41) is 3.28. The van der Waals surface area contributed by atoms with Gasteiger partial charge in [-0.2, -0.15) is 11.8 Å². The fourth-order valence-corrected chi connectivity index (χ4v) is 2.63. The van der Waals surface area contributed by atoms with E-state index in [9.17, 15) is 4.79 Å². The lowest BCUT2D eigenvalue weighted by Gasteiger charge is -2.33. The van der Waals surface area contributed by atoms with Gasteiger partial charge in [-0.3, -0.25) is 10.1 Å². The molecule has 0 aliphatic carbocycles. The van der Waals surface area contributed by atoms with Gasteiger partial charge in [-0.1, -0.05) is 18.2 Å². The molecule has 2 rings (SSSR count). The number of benzene rings is 1. The molecule has 1 atom stereocenters. The number of methoxy groups -OCH3 is 1. The van der Waals surface area contributed by atoms with Gasteiger partial charge in [0.2, 0.25) is 5.91 Å². The average molecular weight is 294 g/mol. The molecule has 0 radical (unpaired) electrons. The van der Waals surface area contributed by atoms with Crippen LogP contribution in [0.4, 0.5) is 0 Å². The number of carbonyl (C=O) groups excluding carboxylic acids is 1. The Bertz CT molecular complexity index is 491. The maximum absolute atomic E-state index is 12.2. The topological polar surface area (TPSA) is 41.6 Å². The number of rotatable bonds is 5. The van der Waals surface area contributed by atoms with Crippen LogP contribution in [0, 0.1) is 0 Å². The number of hydrogen-bond acceptors (Lipinski definition) is 4. The molecule has 0 aromatic heterocycles. The summed E-state index contributed by atoms with van der Waals surface area (Å²) >= 11 is 1.77. The van der Waals surface area contributed by atoms with Gasteiger partial charge in [0.15, 0.2) is 0 Å². The third kappa shape index (κ3) is 3.10. The number of carbonyl (C=O) groups is 1. The van der Waals surface area contributed by atoms with Crippen molar-refractivity contribution in [2.45, 2.75) is 24.8 Å². The van der Waals surface area contributed by atoms with Gasteiger partial charge in [-0.05, 0) is 26.2 Å². The zero-order valence-corrected chi connectivity index (χ0v) is 13.3. The third-order valence-electron chi connectivity index (χ3n) is 3.62. The van der Waals surface area contributed by atoms with Gasteiger partial charge in [-0.25, -0.2) is 0 Å². The highest BCUT2D eigenvalue weighted by molar-refractivity contribution is 7.99. The molecule has 20 heavy (non-hydrogen) atoms. The second-order valence-corrected chi connectivity index (χ2v) is 7.02. The van der Waals surface area contributed by atoms with Crippen molar-refractivity contribution in [3.05, 3.63) is 29.8 Å². The Morgan fingerprint density at radius 1 is 1.45 bits per heavy atom. The second kappa shape index (κ2) is 6.06. The molecule has 1 aromatic carbocycles. The van der Waals surface area contributed by atoms with E-state index in [-0.39, 0.29) is 16.8 Å². The number of nitrogens with one attached hydrogen (secondary N) is 1. The molecule has 1 amide bonds. The minimum Gasteiger partial charge on any atom is -0.496 e. The quantitative estimate of drug-likeness (QED) is 0.904. The van der Waals surface area contributed by atoms with E-state index in [1.807, 2.05) is 29.2 Å². The molecule has 0 spiro atoms. The molecule has 0 bridgehead atoms. The van der Waals surface area contributed by atoms with Gasteiger partial charge in [0.1, 0.15) is 11.9 Å². The Kier molecular flexibility index (Phi) is 4.60. The van der Waals surface area contributed by atoms with E-state index in [0.29, 0.717) is 13.1 Å². The number of para-hydroxylation sites is 1. The van der Waals surface area contributed by atoms with Crippen molar-refractivity contribution in [2.75, 3.05) is 26.5 Å². The van der Waals surface area contributed by atoms with Crippen LogP contribution in [0.25, 0.3) is 0 Å². The monoisotopic (exact) mass is 294 g/mol. The Hall–Kier alpha value is -1.20. The zero-order valence-electron chi connectivity index (χ0n) is 12.5. The van der Waals surface area contributed by atoms with Gasteiger partial charge in [0.25, 0.3) is 0 Å². The molecule has 1 aliphatic rings. The SMILES string of the molecule is COc1ccccc1C1NCC(=O)N1CC(C)(C)SC. The van der Waals surface area contributed by atoms with Crippen LogP contribution in [0.15, 0.2) is 24.3 Å². The average Bonchev–Trinajstić information content (AvgIpc) is 2.79. The summed E-state index contributed by atoms with van der Waals surface area (Å²) < 4.78 is 5.44. The number of ether oxygens (including phenoxy) is 1. The summed E-state index contributed by atoms with van der Waals surface area (Å²) in [4.78, 5) is 14.1. The molecule has 1 saturated heterocycles. The summed E-state index contributed by atoms with van der Waals surface area (Å²) in [6.07, 6.45) is 1.97. The van der Waals surface area contributed by atoms with E-state index >= 15 is 0 Å². The largest absolute Gasteiger partial charge is 0.496 e. The molecule has 110 valence electrons. The Morgan fingerprint density at radius 3 is 2.80 bits per heavy atom. The molecule has 1 aliphatic heterocycles. The molecule has 1 aromatic rings. The van der Waals surface area contributed by atoms with Crippen LogP contribution in [0.3, 0.4) is 0 Å². The van der Waals surface area contributed by atoms with E-state index in [0.717, 1.165) is 11.3 Å². The lowest BCUT2D eigenvalue weighted by atomic mass is 10.1. The van der Waals surface area contributed by atoms with Crippen LogP contribution < -0.4 is 10.1 Å². The highest BCUT2D eigenvalue weighted by Gasteiger charge is 2.36. The summed E-state index contributed by atoms with van der Waals surface area (Å²) in [7, 11) is 1.66. The van der Waals surface area contributed by atoms with Crippen molar-refractivity contribution in [2.24, 2.45) is 0 Å². The van der Waals surface area contributed by atoms with Crippen LogP contribution in [0.2, 0.25) is 0 Å². The smallest absolute Gasteiger partial charge is 0.238 e. The van der Waals surface area contributed by atoms with Crippen LogP contribution in [0.5, 0.6) is 5.75 Å². The first-order chi connectivity index (χ1) is 9.48. The zero-order chi connectivity index (χ0) is 14.8. The van der Waals surface area contributed by atoms with E-state index in [1.165, 1.54) is 0 Å².